The van der Waals surface area contributed by atoms with Crippen LogP contribution in [0.15, 0.2) is 59.5 Å². The molecule has 1 saturated heterocycles. The fourth-order valence-electron chi connectivity index (χ4n) is 3.45. The first-order valence-corrected chi connectivity index (χ1v) is 10.3. The number of halogens is 1. The summed E-state index contributed by atoms with van der Waals surface area (Å²) in [6.45, 7) is 0.266. The molecule has 1 aliphatic heterocycles. The SMILES string of the molecule is COC(=O)C1(COCc2ccccc2)CCCN1S(=O)(=O)c1ccc(F)cc1. The normalized spacial score (nSPS) is 20.2. The van der Waals surface area contributed by atoms with Gasteiger partial charge in [-0.1, -0.05) is 30.3 Å². The van der Waals surface area contributed by atoms with E-state index in [1.165, 1.54) is 19.2 Å². The quantitative estimate of drug-likeness (QED) is 0.660. The number of carbonyl (C=O) groups is 1. The van der Waals surface area contributed by atoms with Gasteiger partial charge in [0.15, 0.2) is 5.54 Å². The molecule has 8 heteroatoms. The van der Waals surface area contributed by atoms with Gasteiger partial charge in [0.2, 0.25) is 10.0 Å². The summed E-state index contributed by atoms with van der Waals surface area (Å²) in [6, 6.07) is 13.9. The largest absolute Gasteiger partial charge is 0.468 e. The van der Waals surface area contributed by atoms with Crippen molar-refractivity contribution in [2.45, 2.75) is 29.9 Å². The average Bonchev–Trinajstić information content (AvgIpc) is 3.14. The molecule has 0 amide bonds. The fourth-order valence-corrected chi connectivity index (χ4v) is 5.23. The number of hydrogen-bond acceptors (Lipinski definition) is 5. The van der Waals surface area contributed by atoms with Crippen LogP contribution in [-0.2, 0) is 30.9 Å². The highest BCUT2D eigenvalue weighted by molar-refractivity contribution is 7.89. The smallest absolute Gasteiger partial charge is 0.329 e. The van der Waals surface area contributed by atoms with Crippen LogP contribution in [0.25, 0.3) is 0 Å². The molecule has 0 saturated carbocycles. The van der Waals surface area contributed by atoms with Crippen molar-refractivity contribution >= 4 is 16.0 Å². The van der Waals surface area contributed by atoms with Crippen LogP contribution in [0.1, 0.15) is 18.4 Å². The molecular weight excluding hydrogens is 385 g/mol. The summed E-state index contributed by atoms with van der Waals surface area (Å²) < 4.78 is 51.3. The van der Waals surface area contributed by atoms with E-state index >= 15 is 0 Å². The molecule has 28 heavy (non-hydrogen) atoms. The number of benzene rings is 2. The van der Waals surface area contributed by atoms with Crippen molar-refractivity contribution < 1.29 is 27.1 Å². The van der Waals surface area contributed by atoms with Crippen LogP contribution in [-0.4, -0.2) is 44.5 Å². The van der Waals surface area contributed by atoms with Gasteiger partial charge in [0.25, 0.3) is 0 Å². The Hall–Kier alpha value is -2.29. The molecule has 0 radical (unpaired) electrons. The highest BCUT2D eigenvalue weighted by Gasteiger charge is 2.54. The molecule has 1 heterocycles. The molecule has 3 rings (SSSR count). The van der Waals surface area contributed by atoms with Gasteiger partial charge in [0, 0.05) is 6.54 Å². The zero-order valence-electron chi connectivity index (χ0n) is 15.5. The fraction of sp³-hybridized carbons (Fsp3) is 0.350. The number of esters is 1. The van der Waals surface area contributed by atoms with Crippen molar-refractivity contribution in [2.75, 3.05) is 20.3 Å². The predicted molar refractivity (Wildman–Crippen MR) is 100 cm³/mol. The molecule has 1 aliphatic rings. The molecule has 0 N–H and O–H groups in total. The van der Waals surface area contributed by atoms with Crippen molar-refractivity contribution in [1.82, 2.24) is 4.31 Å². The van der Waals surface area contributed by atoms with Crippen LogP contribution in [0.2, 0.25) is 0 Å². The van der Waals surface area contributed by atoms with Crippen LogP contribution in [0.4, 0.5) is 4.39 Å². The van der Waals surface area contributed by atoms with Crippen LogP contribution in [0.5, 0.6) is 0 Å². The molecule has 150 valence electrons. The van der Waals surface area contributed by atoms with Gasteiger partial charge >= 0.3 is 5.97 Å². The minimum atomic E-state index is -4.03. The molecular formula is C20H22FNO5S. The van der Waals surface area contributed by atoms with E-state index in [0.717, 1.165) is 22.0 Å². The number of methoxy groups -OCH3 is 1. The van der Waals surface area contributed by atoms with Gasteiger partial charge in [-0.25, -0.2) is 17.6 Å². The van der Waals surface area contributed by atoms with E-state index in [0.29, 0.717) is 6.42 Å². The van der Waals surface area contributed by atoms with Crippen molar-refractivity contribution in [1.29, 1.82) is 0 Å². The summed E-state index contributed by atoms with van der Waals surface area (Å²) >= 11 is 0. The highest BCUT2D eigenvalue weighted by Crippen LogP contribution is 2.36. The van der Waals surface area contributed by atoms with E-state index in [9.17, 15) is 17.6 Å². The molecule has 1 unspecified atom stereocenters. The Morgan fingerprint density at radius 2 is 1.82 bits per heavy atom. The van der Waals surface area contributed by atoms with Crippen LogP contribution in [0, 0.1) is 5.82 Å². The van der Waals surface area contributed by atoms with E-state index in [1.54, 1.807) is 0 Å². The Kier molecular flexibility index (Phi) is 6.12. The Morgan fingerprint density at radius 3 is 2.46 bits per heavy atom. The Balaban J connectivity index is 1.87. The second-order valence-electron chi connectivity index (χ2n) is 6.64. The third kappa shape index (κ3) is 3.94. The van der Waals surface area contributed by atoms with Gasteiger partial charge in [0.1, 0.15) is 5.82 Å². The lowest BCUT2D eigenvalue weighted by Gasteiger charge is -2.34. The molecule has 2 aromatic carbocycles. The highest BCUT2D eigenvalue weighted by atomic mass is 32.2. The van der Waals surface area contributed by atoms with Gasteiger partial charge in [-0.05, 0) is 42.7 Å². The van der Waals surface area contributed by atoms with E-state index in [4.69, 9.17) is 9.47 Å². The number of sulfonamides is 1. The molecule has 0 spiro atoms. The first-order chi connectivity index (χ1) is 13.4. The second-order valence-corrected chi connectivity index (χ2v) is 8.50. The summed E-state index contributed by atoms with van der Waals surface area (Å²) in [5.74, 6) is -1.20. The maximum atomic E-state index is 13.2. The lowest BCUT2D eigenvalue weighted by molar-refractivity contribution is -0.154. The van der Waals surface area contributed by atoms with Gasteiger partial charge < -0.3 is 9.47 Å². The lowest BCUT2D eigenvalue weighted by atomic mass is 9.99. The van der Waals surface area contributed by atoms with E-state index < -0.39 is 27.3 Å². The summed E-state index contributed by atoms with van der Waals surface area (Å²) in [5, 5.41) is 0. The van der Waals surface area contributed by atoms with Gasteiger partial charge in [-0.15, -0.1) is 0 Å². The predicted octanol–water partition coefficient (Wildman–Crippen LogP) is 2.74. The molecule has 1 fully saturated rings. The van der Waals surface area contributed by atoms with Crippen molar-refractivity contribution in [3.63, 3.8) is 0 Å². The zero-order chi connectivity index (χ0) is 20.2. The number of ether oxygens (including phenoxy) is 2. The number of rotatable bonds is 7. The summed E-state index contributed by atoms with van der Waals surface area (Å²) in [6.07, 6.45) is 0.777. The van der Waals surface area contributed by atoms with Crippen LogP contribution < -0.4 is 0 Å². The summed E-state index contributed by atoms with van der Waals surface area (Å²) in [4.78, 5) is 12.6. The van der Waals surface area contributed by atoms with Crippen molar-refractivity contribution in [3.8, 4) is 0 Å². The Labute approximate surface area is 163 Å². The van der Waals surface area contributed by atoms with Crippen molar-refractivity contribution in [2.24, 2.45) is 0 Å². The summed E-state index contributed by atoms with van der Waals surface area (Å²) in [7, 11) is -2.80. The molecule has 2 aromatic rings. The second kappa shape index (κ2) is 8.38. The first kappa shape index (κ1) is 20.4. The minimum absolute atomic E-state index is 0.0767. The number of hydrogen-bond donors (Lipinski definition) is 0. The minimum Gasteiger partial charge on any atom is -0.468 e. The van der Waals surface area contributed by atoms with E-state index in [2.05, 4.69) is 0 Å². The Bertz CT molecular complexity index is 917. The average molecular weight is 407 g/mol. The maximum absolute atomic E-state index is 13.2. The molecule has 1 atom stereocenters. The molecule has 0 bridgehead atoms. The third-order valence-electron chi connectivity index (χ3n) is 4.85. The van der Waals surface area contributed by atoms with E-state index in [1.807, 2.05) is 30.3 Å². The van der Waals surface area contributed by atoms with Gasteiger partial charge in [0.05, 0.1) is 25.2 Å². The zero-order valence-corrected chi connectivity index (χ0v) is 16.3. The van der Waals surface area contributed by atoms with Crippen molar-refractivity contribution in [3.05, 3.63) is 66.0 Å². The standard InChI is InChI=1S/C20H22FNO5S/c1-26-19(23)20(15-27-14-16-6-3-2-4-7-16)12-5-13-22(20)28(24,25)18-10-8-17(21)9-11-18/h2-4,6-11H,5,12-15H2,1H3. The van der Waals surface area contributed by atoms with E-state index in [-0.39, 0.29) is 31.1 Å². The number of carbonyl (C=O) groups excluding carboxylic acids is 1. The van der Waals surface area contributed by atoms with Gasteiger partial charge in [-0.2, -0.15) is 4.31 Å². The molecule has 0 aliphatic carbocycles. The van der Waals surface area contributed by atoms with Gasteiger partial charge in [-0.3, -0.25) is 0 Å². The summed E-state index contributed by atoms with van der Waals surface area (Å²) in [5.41, 5.74) is -0.537. The monoisotopic (exact) mass is 407 g/mol. The Morgan fingerprint density at radius 1 is 1.14 bits per heavy atom. The molecule has 0 aromatic heterocycles. The lowest BCUT2D eigenvalue weighted by Crippen LogP contribution is -2.56. The number of nitrogens with zero attached hydrogens (tertiary/aromatic N) is 1. The topological polar surface area (TPSA) is 72.9 Å². The maximum Gasteiger partial charge on any atom is 0.329 e. The molecule has 6 nitrogen and oxygen atoms in total. The third-order valence-corrected chi connectivity index (χ3v) is 6.83. The first-order valence-electron chi connectivity index (χ1n) is 8.89. The van der Waals surface area contributed by atoms with Crippen LogP contribution in [0.3, 0.4) is 0 Å². The van der Waals surface area contributed by atoms with Crippen LogP contribution >= 0.6 is 0 Å².